The standard InChI is InChI=1S/C10H9NO/c1-12-10-7-11-6-8-4-2-3-5-9(8)10/h2-7H,1H3/p+1. The predicted molar refractivity (Wildman–Crippen MR) is 47.1 cm³/mol. The Morgan fingerprint density at radius 1 is 1.17 bits per heavy atom. The molecule has 0 fully saturated rings. The lowest BCUT2D eigenvalue weighted by atomic mass is 10.2. The van der Waals surface area contributed by atoms with Gasteiger partial charge >= 0.3 is 0 Å². The summed E-state index contributed by atoms with van der Waals surface area (Å²) in [6, 6.07) is 8.11. The molecule has 12 heavy (non-hydrogen) atoms. The molecule has 0 saturated carbocycles. The SMILES string of the molecule is COc1c[nH+]cc2ccccc12. The van der Waals surface area contributed by atoms with E-state index in [2.05, 4.69) is 4.98 Å². The molecule has 0 atom stereocenters. The van der Waals surface area contributed by atoms with Crippen LogP contribution in [0, 0.1) is 0 Å². The number of aromatic nitrogens is 1. The minimum atomic E-state index is 0.883. The van der Waals surface area contributed by atoms with Gasteiger partial charge in [0.05, 0.1) is 7.11 Å². The first-order valence-electron chi connectivity index (χ1n) is 3.84. The smallest absolute Gasteiger partial charge is 0.210 e. The van der Waals surface area contributed by atoms with Gasteiger partial charge < -0.3 is 4.74 Å². The maximum atomic E-state index is 5.20. The third-order valence-corrected chi connectivity index (χ3v) is 1.90. The fraction of sp³-hybridized carbons (Fsp3) is 0.100. The summed E-state index contributed by atoms with van der Waals surface area (Å²) in [6.07, 6.45) is 3.81. The van der Waals surface area contributed by atoms with Gasteiger partial charge in [0.25, 0.3) is 0 Å². The quantitative estimate of drug-likeness (QED) is 0.622. The highest BCUT2D eigenvalue weighted by molar-refractivity contribution is 5.86. The molecule has 2 nitrogen and oxygen atoms in total. The second kappa shape index (κ2) is 2.81. The largest absolute Gasteiger partial charge is 0.490 e. The van der Waals surface area contributed by atoms with Gasteiger partial charge in [-0.05, 0) is 6.07 Å². The molecule has 1 N–H and O–H groups in total. The van der Waals surface area contributed by atoms with Crippen molar-refractivity contribution in [2.24, 2.45) is 0 Å². The summed E-state index contributed by atoms with van der Waals surface area (Å²) in [6.45, 7) is 0. The van der Waals surface area contributed by atoms with Crippen molar-refractivity contribution in [1.29, 1.82) is 0 Å². The first kappa shape index (κ1) is 7.10. The monoisotopic (exact) mass is 160 g/mol. The fourth-order valence-corrected chi connectivity index (χ4v) is 1.30. The van der Waals surface area contributed by atoms with Gasteiger partial charge in [0.2, 0.25) is 6.20 Å². The molecular formula is C10H10NO+. The Morgan fingerprint density at radius 2 is 2.00 bits per heavy atom. The minimum Gasteiger partial charge on any atom is -0.490 e. The van der Waals surface area contributed by atoms with Crippen LogP contribution in [0.15, 0.2) is 36.7 Å². The lowest BCUT2D eigenvalue weighted by molar-refractivity contribution is -0.376. The molecule has 2 aromatic rings. The van der Waals surface area contributed by atoms with Crippen LogP contribution in [-0.2, 0) is 0 Å². The molecule has 2 heteroatoms. The van der Waals surface area contributed by atoms with Gasteiger partial charge in [-0.15, -0.1) is 0 Å². The molecule has 0 unspecified atom stereocenters. The van der Waals surface area contributed by atoms with Crippen LogP contribution in [0.2, 0.25) is 0 Å². The maximum Gasteiger partial charge on any atom is 0.210 e. The van der Waals surface area contributed by atoms with Crippen LogP contribution in [0.4, 0.5) is 0 Å². The number of rotatable bonds is 1. The van der Waals surface area contributed by atoms with Crippen molar-refractivity contribution in [3.05, 3.63) is 36.7 Å². The van der Waals surface area contributed by atoms with E-state index in [1.165, 1.54) is 0 Å². The van der Waals surface area contributed by atoms with Gasteiger partial charge in [0, 0.05) is 10.8 Å². The van der Waals surface area contributed by atoms with Crippen molar-refractivity contribution < 1.29 is 9.72 Å². The number of fused-ring (bicyclic) bond motifs is 1. The van der Waals surface area contributed by atoms with E-state index < -0.39 is 0 Å². The molecule has 0 spiro atoms. The average Bonchev–Trinajstić information content (AvgIpc) is 2.17. The molecule has 1 aromatic carbocycles. The third kappa shape index (κ3) is 1.01. The van der Waals surface area contributed by atoms with Crippen molar-refractivity contribution in [3.8, 4) is 5.75 Å². The van der Waals surface area contributed by atoms with E-state index in [-0.39, 0.29) is 0 Å². The van der Waals surface area contributed by atoms with Gasteiger partial charge in [-0.3, -0.25) is 0 Å². The maximum absolute atomic E-state index is 5.20. The summed E-state index contributed by atoms with van der Waals surface area (Å²) in [5.41, 5.74) is 0. The Kier molecular flexibility index (Phi) is 1.67. The van der Waals surface area contributed by atoms with E-state index in [9.17, 15) is 0 Å². The van der Waals surface area contributed by atoms with E-state index in [0.717, 1.165) is 16.5 Å². The Balaban J connectivity index is 2.79. The first-order chi connectivity index (χ1) is 5.92. The van der Waals surface area contributed by atoms with Gasteiger partial charge in [-0.1, -0.05) is 18.2 Å². The van der Waals surface area contributed by atoms with Crippen LogP contribution in [0.3, 0.4) is 0 Å². The van der Waals surface area contributed by atoms with Gasteiger partial charge in [0.15, 0.2) is 11.9 Å². The molecule has 0 radical (unpaired) electrons. The molecule has 0 aliphatic heterocycles. The molecular weight excluding hydrogens is 150 g/mol. The molecule has 0 aliphatic carbocycles. The van der Waals surface area contributed by atoms with Gasteiger partial charge in [0.1, 0.15) is 0 Å². The Morgan fingerprint density at radius 3 is 2.83 bits per heavy atom. The number of aromatic amines is 1. The number of benzene rings is 1. The van der Waals surface area contributed by atoms with Crippen LogP contribution < -0.4 is 9.72 Å². The topological polar surface area (TPSA) is 23.4 Å². The highest BCUT2D eigenvalue weighted by Gasteiger charge is 2.02. The summed E-state index contributed by atoms with van der Waals surface area (Å²) in [5, 5.41) is 2.30. The summed E-state index contributed by atoms with van der Waals surface area (Å²) in [4.78, 5) is 3.03. The van der Waals surface area contributed by atoms with E-state index in [1.807, 2.05) is 36.7 Å². The Bertz CT molecular complexity index is 392. The molecule has 0 saturated heterocycles. The number of pyridine rings is 1. The van der Waals surface area contributed by atoms with E-state index in [4.69, 9.17) is 4.74 Å². The van der Waals surface area contributed by atoms with E-state index in [1.54, 1.807) is 7.11 Å². The van der Waals surface area contributed by atoms with Gasteiger partial charge in [-0.2, -0.15) is 0 Å². The van der Waals surface area contributed by atoms with Crippen LogP contribution in [0.25, 0.3) is 10.8 Å². The lowest BCUT2D eigenvalue weighted by Gasteiger charge is -1.99. The Hall–Kier alpha value is -1.57. The van der Waals surface area contributed by atoms with E-state index in [0.29, 0.717) is 0 Å². The van der Waals surface area contributed by atoms with Crippen LogP contribution in [-0.4, -0.2) is 7.11 Å². The number of hydrogen-bond donors (Lipinski definition) is 0. The zero-order valence-electron chi connectivity index (χ0n) is 6.87. The van der Waals surface area contributed by atoms with Crippen molar-refractivity contribution in [3.63, 3.8) is 0 Å². The van der Waals surface area contributed by atoms with Crippen molar-refractivity contribution in [1.82, 2.24) is 0 Å². The zero-order valence-corrected chi connectivity index (χ0v) is 6.87. The third-order valence-electron chi connectivity index (χ3n) is 1.90. The summed E-state index contributed by atoms with van der Waals surface area (Å²) in [7, 11) is 1.68. The molecule has 2 rings (SSSR count). The molecule has 1 heterocycles. The summed E-state index contributed by atoms with van der Waals surface area (Å²) < 4.78 is 5.20. The molecule has 1 aromatic heterocycles. The van der Waals surface area contributed by atoms with Crippen LogP contribution in [0.1, 0.15) is 0 Å². The number of H-pyrrole nitrogens is 1. The number of nitrogens with one attached hydrogen (secondary N) is 1. The molecule has 0 aliphatic rings. The normalized spacial score (nSPS) is 10.1. The zero-order chi connectivity index (χ0) is 8.39. The highest BCUT2D eigenvalue weighted by Crippen LogP contribution is 2.21. The van der Waals surface area contributed by atoms with Gasteiger partial charge in [-0.25, -0.2) is 4.98 Å². The minimum absolute atomic E-state index is 0.883. The predicted octanol–water partition coefficient (Wildman–Crippen LogP) is 1.66. The van der Waals surface area contributed by atoms with E-state index >= 15 is 0 Å². The molecule has 60 valence electrons. The number of methoxy groups -OCH3 is 1. The number of hydrogen-bond acceptors (Lipinski definition) is 1. The second-order valence-corrected chi connectivity index (χ2v) is 2.61. The highest BCUT2D eigenvalue weighted by atomic mass is 16.5. The number of ether oxygens (including phenoxy) is 1. The molecule has 0 amide bonds. The summed E-state index contributed by atoms with van der Waals surface area (Å²) >= 11 is 0. The average molecular weight is 160 g/mol. The second-order valence-electron chi connectivity index (χ2n) is 2.61. The van der Waals surface area contributed by atoms with Crippen molar-refractivity contribution in [2.75, 3.05) is 7.11 Å². The van der Waals surface area contributed by atoms with Crippen LogP contribution >= 0.6 is 0 Å². The van der Waals surface area contributed by atoms with Crippen molar-refractivity contribution in [2.45, 2.75) is 0 Å². The van der Waals surface area contributed by atoms with Crippen molar-refractivity contribution >= 4 is 10.8 Å². The van der Waals surface area contributed by atoms with Crippen LogP contribution in [0.5, 0.6) is 5.75 Å². The molecule has 0 bridgehead atoms. The first-order valence-corrected chi connectivity index (χ1v) is 3.84. The summed E-state index contributed by atoms with van der Waals surface area (Å²) in [5.74, 6) is 0.883. The lowest BCUT2D eigenvalue weighted by Crippen LogP contribution is -2.00. The fourth-order valence-electron chi connectivity index (χ4n) is 1.30. The Labute approximate surface area is 70.8 Å².